The fourth-order valence-electron chi connectivity index (χ4n) is 5.04. The summed E-state index contributed by atoms with van der Waals surface area (Å²) in [5.41, 5.74) is 0.635. The van der Waals surface area contributed by atoms with Crippen molar-refractivity contribution >= 4 is 62.3 Å². The number of rotatable bonds is 11. The number of hydrogen-bond acceptors (Lipinski definition) is 5. The third-order valence-electron chi connectivity index (χ3n) is 7.53. The van der Waals surface area contributed by atoms with Crippen LogP contribution >= 0.6 is 34.8 Å². The molecule has 0 radical (unpaired) electrons. The zero-order chi connectivity index (χ0) is 31.1. The van der Waals surface area contributed by atoms with E-state index < -0.39 is 28.5 Å². The SMILES string of the molecule is COc1ccc(S(=O)(=O)N(CC(=O)N(Cc2c(Cl)cccc2Cl)[C@@H](C)C(=O)NC2CCCCC2)c2cccc(Cl)c2)cc1. The predicted molar refractivity (Wildman–Crippen MR) is 170 cm³/mol. The first-order valence-corrected chi connectivity index (χ1v) is 16.5. The molecule has 1 fully saturated rings. The number of sulfonamides is 1. The summed E-state index contributed by atoms with van der Waals surface area (Å²) >= 11 is 19.2. The Bertz CT molecular complexity index is 1530. The molecular weight excluding hydrogens is 633 g/mol. The number of methoxy groups -OCH3 is 1. The lowest BCUT2D eigenvalue weighted by Gasteiger charge is -2.33. The molecule has 3 aromatic carbocycles. The van der Waals surface area contributed by atoms with Crippen molar-refractivity contribution in [2.75, 3.05) is 18.0 Å². The van der Waals surface area contributed by atoms with E-state index in [1.54, 1.807) is 43.3 Å². The van der Waals surface area contributed by atoms with E-state index in [1.165, 1.54) is 42.3 Å². The Morgan fingerprint density at radius 2 is 1.58 bits per heavy atom. The number of hydrogen-bond donors (Lipinski definition) is 1. The van der Waals surface area contributed by atoms with E-state index in [4.69, 9.17) is 39.5 Å². The van der Waals surface area contributed by atoms with Crippen LogP contribution in [0.15, 0.2) is 71.6 Å². The summed E-state index contributed by atoms with van der Waals surface area (Å²) in [5, 5.41) is 4.00. The number of carbonyl (C=O) groups is 2. The van der Waals surface area contributed by atoms with E-state index in [1.807, 2.05) is 0 Å². The summed E-state index contributed by atoms with van der Waals surface area (Å²) in [6, 6.07) is 16.1. The topological polar surface area (TPSA) is 96.0 Å². The highest BCUT2D eigenvalue weighted by atomic mass is 35.5. The van der Waals surface area contributed by atoms with Crippen LogP contribution in [0.25, 0.3) is 0 Å². The average Bonchev–Trinajstić information content (AvgIpc) is 2.99. The summed E-state index contributed by atoms with van der Waals surface area (Å²) in [6.45, 7) is 0.892. The Balaban J connectivity index is 1.71. The average molecular weight is 667 g/mol. The van der Waals surface area contributed by atoms with Crippen LogP contribution < -0.4 is 14.4 Å². The van der Waals surface area contributed by atoms with Crippen molar-refractivity contribution in [1.29, 1.82) is 0 Å². The minimum atomic E-state index is -4.26. The van der Waals surface area contributed by atoms with Crippen molar-refractivity contribution in [3.05, 3.63) is 87.4 Å². The molecule has 1 aliphatic rings. The Morgan fingerprint density at radius 3 is 2.19 bits per heavy atom. The zero-order valence-electron chi connectivity index (χ0n) is 23.9. The summed E-state index contributed by atoms with van der Waals surface area (Å²) in [5.74, 6) is -0.486. The van der Waals surface area contributed by atoms with Crippen molar-refractivity contribution in [3.8, 4) is 5.75 Å². The van der Waals surface area contributed by atoms with Gasteiger partial charge in [0, 0.05) is 33.2 Å². The van der Waals surface area contributed by atoms with E-state index >= 15 is 0 Å². The number of nitrogens with zero attached hydrogens (tertiary/aromatic N) is 2. The third kappa shape index (κ3) is 8.15. The first-order chi connectivity index (χ1) is 20.5. The van der Waals surface area contributed by atoms with Crippen molar-refractivity contribution in [3.63, 3.8) is 0 Å². The van der Waals surface area contributed by atoms with Gasteiger partial charge >= 0.3 is 0 Å². The van der Waals surface area contributed by atoms with Gasteiger partial charge in [0.15, 0.2) is 0 Å². The molecular formula is C31H34Cl3N3O5S. The van der Waals surface area contributed by atoms with Gasteiger partial charge in [-0.1, -0.05) is 66.2 Å². The van der Waals surface area contributed by atoms with Gasteiger partial charge in [-0.05, 0) is 74.4 Å². The van der Waals surface area contributed by atoms with Crippen LogP contribution in [0, 0.1) is 0 Å². The van der Waals surface area contributed by atoms with Crippen LogP contribution in [0.2, 0.25) is 15.1 Å². The molecule has 0 heterocycles. The molecule has 0 saturated heterocycles. The van der Waals surface area contributed by atoms with Gasteiger partial charge in [0.2, 0.25) is 11.8 Å². The fraction of sp³-hybridized carbons (Fsp3) is 0.355. The molecule has 0 bridgehead atoms. The van der Waals surface area contributed by atoms with E-state index in [-0.39, 0.29) is 29.1 Å². The molecule has 1 aliphatic carbocycles. The molecule has 43 heavy (non-hydrogen) atoms. The lowest BCUT2D eigenvalue weighted by atomic mass is 9.95. The number of halogens is 3. The third-order valence-corrected chi connectivity index (χ3v) is 10.3. The zero-order valence-corrected chi connectivity index (χ0v) is 27.0. The standard InChI is InChI=1S/C31H34Cl3N3O5S/c1-21(31(39)35-23-9-4-3-5-10-23)36(19-27-28(33)12-7-13-29(27)34)30(38)20-37(24-11-6-8-22(32)18-24)43(40,41)26-16-14-25(42-2)15-17-26/h6-8,11-18,21,23H,3-5,9-10,19-20H2,1-2H3,(H,35,39)/t21-/m0/s1. The summed E-state index contributed by atoms with van der Waals surface area (Å²) < 4.78 is 34.1. The van der Waals surface area contributed by atoms with Gasteiger partial charge < -0.3 is 15.0 Å². The highest BCUT2D eigenvalue weighted by Gasteiger charge is 2.34. The largest absolute Gasteiger partial charge is 0.497 e. The highest BCUT2D eigenvalue weighted by molar-refractivity contribution is 7.92. The van der Waals surface area contributed by atoms with E-state index in [0.29, 0.717) is 26.4 Å². The second-order valence-corrected chi connectivity index (χ2v) is 13.5. The van der Waals surface area contributed by atoms with Crippen LogP contribution in [0.1, 0.15) is 44.6 Å². The molecule has 2 amide bonds. The lowest BCUT2D eigenvalue weighted by molar-refractivity contribution is -0.139. The molecule has 8 nitrogen and oxygen atoms in total. The van der Waals surface area contributed by atoms with Crippen LogP contribution in [-0.4, -0.2) is 50.9 Å². The smallest absolute Gasteiger partial charge is 0.264 e. The maximum absolute atomic E-state index is 14.2. The van der Waals surface area contributed by atoms with Crippen molar-refractivity contribution < 1.29 is 22.7 Å². The molecule has 0 aliphatic heterocycles. The number of amides is 2. The fourth-order valence-corrected chi connectivity index (χ4v) is 7.15. The maximum atomic E-state index is 14.2. The number of benzene rings is 3. The summed E-state index contributed by atoms with van der Waals surface area (Å²) in [6.07, 6.45) is 4.90. The van der Waals surface area contributed by atoms with Crippen molar-refractivity contribution in [2.24, 2.45) is 0 Å². The second kappa shape index (κ2) is 14.7. The van der Waals surface area contributed by atoms with Crippen molar-refractivity contribution in [2.45, 2.75) is 62.6 Å². The van der Waals surface area contributed by atoms with Gasteiger partial charge in [-0.15, -0.1) is 0 Å². The molecule has 0 spiro atoms. The van der Waals surface area contributed by atoms with Gasteiger partial charge in [-0.3, -0.25) is 13.9 Å². The van der Waals surface area contributed by atoms with E-state index in [9.17, 15) is 18.0 Å². The van der Waals surface area contributed by atoms with E-state index in [0.717, 1.165) is 36.4 Å². The Labute approximate surface area is 267 Å². The van der Waals surface area contributed by atoms with Gasteiger partial charge in [0.05, 0.1) is 17.7 Å². The maximum Gasteiger partial charge on any atom is 0.264 e. The van der Waals surface area contributed by atoms with Crippen LogP contribution in [0.5, 0.6) is 5.75 Å². The molecule has 0 unspecified atom stereocenters. The Kier molecular flexibility index (Phi) is 11.2. The van der Waals surface area contributed by atoms with Crippen LogP contribution in [0.3, 0.4) is 0 Å². The van der Waals surface area contributed by atoms with E-state index in [2.05, 4.69) is 5.32 Å². The van der Waals surface area contributed by atoms with Crippen LogP contribution in [0.4, 0.5) is 5.69 Å². The van der Waals surface area contributed by atoms with Gasteiger partial charge in [0.25, 0.3) is 10.0 Å². The second-order valence-electron chi connectivity index (χ2n) is 10.4. The normalized spacial score (nSPS) is 14.5. The van der Waals surface area contributed by atoms with Crippen molar-refractivity contribution in [1.82, 2.24) is 10.2 Å². The molecule has 3 aromatic rings. The Morgan fingerprint density at radius 1 is 0.953 bits per heavy atom. The minimum Gasteiger partial charge on any atom is -0.497 e. The monoisotopic (exact) mass is 665 g/mol. The molecule has 1 saturated carbocycles. The van der Waals surface area contributed by atoms with Gasteiger partial charge in [-0.25, -0.2) is 8.42 Å². The Hall–Kier alpha value is -2.98. The quantitative estimate of drug-likeness (QED) is 0.245. The number of carbonyl (C=O) groups excluding carboxylic acids is 2. The lowest BCUT2D eigenvalue weighted by Crippen LogP contribution is -2.53. The number of anilines is 1. The molecule has 0 aromatic heterocycles. The molecule has 4 rings (SSSR count). The highest BCUT2D eigenvalue weighted by Crippen LogP contribution is 2.30. The first kappa shape index (κ1) is 32.9. The molecule has 1 atom stereocenters. The molecule has 1 N–H and O–H groups in total. The molecule has 230 valence electrons. The summed E-state index contributed by atoms with van der Waals surface area (Å²) in [7, 11) is -2.79. The van der Waals surface area contributed by atoms with Gasteiger partial charge in [0.1, 0.15) is 18.3 Å². The van der Waals surface area contributed by atoms with Gasteiger partial charge in [-0.2, -0.15) is 0 Å². The van der Waals surface area contributed by atoms with Crippen LogP contribution in [-0.2, 0) is 26.2 Å². The minimum absolute atomic E-state index is 0.0166. The molecule has 12 heteroatoms. The predicted octanol–water partition coefficient (Wildman–Crippen LogP) is 6.72. The first-order valence-electron chi connectivity index (χ1n) is 14.0. The number of nitrogens with one attached hydrogen (secondary N) is 1. The summed E-state index contributed by atoms with van der Waals surface area (Å²) in [4.78, 5) is 28.9. The number of ether oxygens (including phenoxy) is 1.